The van der Waals surface area contributed by atoms with Gasteiger partial charge in [-0.1, -0.05) is 67.8 Å². The average Bonchev–Trinajstić information content (AvgIpc) is 3.11. The van der Waals surface area contributed by atoms with Crippen LogP contribution < -0.4 is 0 Å². The molecule has 1 aromatic carbocycles. The van der Waals surface area contributed by atoms with Gasteiger partial charge in [0, 0.05) is 5.41 Å². The quantitative estimate of drug-likeness (QED) is 0.593. The number of carbonyl (C=O) groups is 1. The number of benzene rings is 1. The van der Waals surface area contributed by atoms with Crippen molar-refractivity contribution >= 4 is 29.2 Å². The molecule has 0 N–H and O–H groups in total. The van der Waals surface area contributed by atoms with Crippen molar-refractivity contribution in [1.82, 2.24) is 0 Å². The van der Waals surface area contributed by atoms with E-state index in [-0.39, 0.29) is 11.4 Å². The largest absolute Gasteiger partial charge is 0.469 e. The van der Waals surface area contributed by atoms with Gasteiger partial charge in [0.25, 0.3) is 0 Å². The number of hydrogen-bond acceptors (Lipinski definition) is 2. The number of esters is 1. The van der Waals surface area contributed by atoms with Gasteiger partial charge in [0.2, 0.25) is 0 Å². The summed E-state index contributed by atoms with van der Waals surface area (Å²) in [6.45, 7) is 0. The molecule has 0 spiro atoms. The first kappa shape index (κ1) is 18.1. The molecule has 2 aliphatic carbocycles. The molecule has 24 heavy (non-hydrogen) atoms. The van der Waals surface area contributed by atoms with Gasteiger partial charge >= 0.3 is 5.97 Å². The van der Waals surface area contributed by atoms with E-state index < -0.39 is 0 Å². The molecule has 2 nitrogen and oxygen atoms in total. The molecule has 2 unspecified atom stereocenters. The zero-order chi connectivity index (χ0) is 17.2. The molecule has 4 heteroatoms. The molecule has 2 aliphatic rings. The fraction of sp³-hybridized carbons (Fsp3) is 0.650. The Labute approximate surface area is 154 Å². The molecule has 0 amide bonds. The van der Waals surface area contributed by atoms with E-state index >= 15 is 0 Å². The Kier molecular flexibility index (Phi) is 5.77. The van der Waals surface area contributed by atoms with Crippen LogP contribution in [0, 0.1) is 11.8 Å². The van der Waals surface area contributed by atoms with Crippen LogP contribution in [0.15, 0.2) is 18.2 Å². The van der Waals surface area contributed by atoms with Crippen LogP contribution in [0.4, 0.5) is 0 Å². The Bertz CT molecular complexity index is 595. The van der Waals surface area contributed by atoms with Crippen molar-refractivity contribution in [2.24, 2.45) is 11.8 Å². The highest BCUT2D eigenvalue weighted by Crippen LogP contribution is 2.53. The normalized spacial score (nSPS) is 28.0. The van der Waals surface area contributed by atoms with Gasteiger partial charge in [-0.15, -0.1) is 0 Å². The van der Waals surface area contributed by atoms with Crippen LogP contribution in [0.3, 0.4) is 0 Å². The first-order chi connectivity index (χ1) is 11.6. The summed E-state index contributed by atoms with van der Waals surface area (Å²) in [7, 11) is 1.48. The van der Waals surface area contributed by atoms with Crippen LogP contribution in [0.5, 0.6) is 0 Å². The zero-order valence-corrected chi connectivity index (χ0v) is 15.8. The number of methoxy groups -OCH3 is 1. The fourth-order valence-corrected chi connectivity index (χ4v) is 5.43. The van der Waals surface area contributed by atoms with Crippen molar-refractivity contribution < 1.29 is 9.53 Å². The summed E-state index contributed by atoms with van der Waals surface area (Å²) < 4.78 is 5.07. The Morgan fingerprint density at radius 1 is 1.12 bits per heavy atom. The topological polar surface area (TPSA) is 26.3 Å². The van der Waals surface area contributed by atoms with E-state index in [1.807, 2.05) is 12.1 Å². The molecule has 3 rings (SSSR count). The Hall–Kier alpha value is -0.730. The third-order valence-electron chi connectivity index (χ3n) is 6.25. The summed E-state index contributed by atoms with van der Waals surface area (Å²) in [6, 6.07) is 5.93. The minimum absolute atomic E-state index is 0.119. The second-order valence-corrected chi connectivity index (χ2v) is 8.25. The molecule has 2 atom stereocenters. The highest BCUT2D eigenvalue weighted by Gasteiger charge is 2.47. The minimum Gasteiger partial charge on any atom is -0.469 e. The SMILES string of the molecule is COC(=O)CC1(c2ccc(Cl)c(Cl)c2)CCCCC1C1CCCC1. The Morgan fingerprint density at radius 3 is 2.50 bits per heavy atom. The molecule has 132 valence electrons. The summed E-state index contributed by atoms with van der Waals surface area (Å²) in [5, 5.41) is 1.15. The molecule has 0 radical (unpaired) electrons. The third-order valence-corrected chi connectivity index (χ3v) is 6.99. The summed E-state index contributed by atoms with van der Waals surface area (Å²) in [5.74, 6) is 1.13. The van der Waals surface area contributed by atoms with E-state index in [9.17, 15) is 4.79 Å². The predicted octanol–water partition coefficient (Wildman–Crippen LogP) is 6.17. The molecule has 1 aromatic rings. The second-order valence-electron chi connectivity index (χ2n) is 7.43. The number of rotatable bonds is 4. The smallest absolute Gasteiger partial charge is 0.306 e. The monoisotopic (exact) mass is 368 g/mol. The maximum Gasteiger partial charge on any atom is 0.306 e. The van der Waals surface area contributed by atoms with Gasteiger partial charge in [-0.05, 0) is 42.4 Å². The van der Waals surface area contributed by atoms with Crippen molar-refractivity contribution in [3.05, 3.63) is 33.8 Å². The minimum atomic E-state index is -0.158. The highest BCUT2D eigenvalue weighted by molar-refractivity contribution is 6.42. The van der Waals surface area contributed by atoms with Crippen molar-refractivity contribution in [1.29, 1.82) is 0 Å². The predicted molar refractivity (Wildman–Crippen MR) is 98.7 cm³/mol. The molecule has 0 aliphatic heterocycles. The summed E-state index contributed by atoms with van der Waals surface area (Å²) in [6.07, 6.45) is 10.3. The van der Waals surface area contributed by atoms with E-state index in [2.05, 4.69) is 6.07 Å². The van der Waals surface area contributed by atoms with Crippen LogP contribution in [-0.4, -0.2) is 13.1 Å². The number of halogens is 2. The molecular formula is C20H26Cl2O2. The lowest BCUT2D eigenvalue weighted by molar-refractivity contribution is -0.143. The molecular weight excluding hydrogens is 343 g/mol. The van der Waals surface area contributed by atoms with Gasteiger partial charge in [-0.2, -0.15) is 0 Å². The standard InChI is InChI=1S/C20H26Cl2O2/c1-24-19(23)13-20(15-9-10-17(21)18(22)12-15)11-5-4-8-16(20)14-6-2-3-7-14/h9-10,12,14,16H,2-8,11,13H2,1H3. The third kappa shape index (κ3) is 3.46. The van der Waals surface area contributed by atoms with E-state index in [1.165, 1.54) is 51.2 Å². The van der Waals surface area contributed by atoms with Crippen LogP contribution in [0.25, 0.3) is 0 Å². The molecule has 0 aromatic heterocycles. The van der Waals surface area contributed by atoms with Gasteiger partial charge in [0.1, 0.15) is 0 Å². The molecule has 2 saturated carbocycles. The lowest BCUT2D eigenvalue weighted by Crippen LogP contribution is -2.43. The average molecular weight is 369 g/mol. The molecule has 0 bridgehead atoms. The van der Waals surface area contributed by atoms with Crippen molar-refractivity contribution in [2.75, 3.05) is 7.11 Å². The van der Waals surface area contributed by atoms with Crippen molar-refractivity contribution in [2.45, 2.75) is 63.2 Å². The summed E-state index contributed by atoms with van der Waals surface area (Å²) in [5.41, 5.74) is 1.01. The van der Waals surface area contributed by atoms with Gasteiger partial charge in [-0.3, -0.25) is 4.79 Å². The Balaban J connectivity index is 2.04. The van der Waals surface area contributed by atoms with Crippen LogP contribution in [0.2, 0.25) is 10.0 Å². The number of hydrogen-bond donors (Lipinski definition) is 0. The van der Waals surface area contributed by atoms with E-state index in [0.717, 1.165) is 12.8 Å². The number of ether oxygens (including phenoxy) is 1. The Morgan fingerprint density at radius 2 is 1.83 bits per heavy atom. The lowest BCUT2D eigenvalue weighted by atomic mass is 9.57. The maximum absolute atomic E-state index is 12.3. The van der Waals surface area contributed by atoms with E-state index in [1.54, 1.807) is 0 Å². The van der Waals surface area contributed by atoms with Crippen LogP contribution in [0.1, 0.15) is 63.4 Å². The maximum atomic E-state index is 12.3. The lowest BCUT2D eigenvalue weighted by Gasteiger charge is -2.47. The fourth-order valence-electron chi connectivity index (χ4n) is 5.13. The first-order valence-corrected chi connectivity index (χ1v) is 9.85. The molecule has 2 fully saturated rings. The van der Waals surface area contributed by atoms with E-state index in [0.29, 0.717) is 28.3 Å². The molecule has 0 saturated heterocycles. The van der Waals surface area contributed by atoms with Gasteiger partial charge < -0.3 is 4.74 Å². The van der Waals surface area contributed by atoms with Gasteiger partial charge in [-0.25, -0.2) is 0 Å². The van der Waals surface area contributed by atoms with Crippen LogP contribution >= 0.6 is 23.2 Å². The van der Waals surface area contributed by atoms with E-state index in [4.69, 9.17) is 27.9 Å². The highest BCUT2D eigenvalue weighted by atomic mass is 35.5. The zero-order valence-electron chi connectivity index (χ0n) is 14.3. The van der Waals surface area contributed by atoms with Crippen LogP contribution in [-0.2, 0) is 14.9 Å². The van der Waals surface area contributed by atoms with Gasteiger partial charge in [0.15, 0.2) is 0 Å². The van der Waals surface area contributed by atoms with Gasteiger partial charge in [0.05, 0.1) is 23.6 Å². The second kappa shape index (κ2) is 7.66. The summed E-state index contributed by atoms with van der Waals surface area (Å²) in [4.78, 5) is 12.3. The first-order valence-electron chi connectivity index (χ1n) is 9.09. The van der Waals surface area contributed by atoms with Crippen molar-refractivity contribution in [3.63, 3.8) is 0 Å². The molecule has 0 heterocycles. The van der Waals surface area contributed by atoms with Crippen molar-refractivity contribution in [3.8, 4) is 0 Å². The number of carbonyl (C=O) groups excluding carboxylic acids is 1. The summed E-state index contributed by atoms with van der Waals surface area (Å²) >= 11 is 12.5.